The molecule has 1 unspecified atom stereocenters. The Bertz CT molecular complexity index is 617. The van der Waals surface area contributed by atoms with Gasteiger partial charge in [0.2, 0.25) is 5.91 Å². The number of aryl methyl sites for hydroxylation is 1. The lowest BCUT2D eigenvalue weighted by atomic mass is 10.1. The first kappa shape index (κ1) is 16.8. The van der Waals surface area contributed by atoms with Gasteiger partial charge in [0.1, 0.15) is 11.9 Å². The van der Waals surface area contributed by atoms with Crippen molar-refractivity contribution in [1.29, 1.82) is 0 Å². The molecule has 1 aromatic rings. The summed E-state index contributed by atoms with van der Waals surface area (Å²) in [5.41, 5.74) is 1.61. The second kappa shape index (κ2) is 7.21. The van der Waals surface area contributed by atoms with Gasteiger partial charge >= 0.3 is 0 Å². The molecule has 3 rings (SSSR count). The first-order chi connectivity index (χ1) is 11.5. The number of nitrogens with zero attached hydrogens (tertiary/aromatic N) is 2. The molecule has 6 heteroatoms. The SMILES string of the molecule is Cc1ccc(CC(=O)N2CCN(C(=O)C3CCCO3)CC2)cc1O. The second-order valence-corrected chi connectivity index (χ2v) is 6.51. The first-order valence-corrected chi connectivity index (χ1v) is 8.51. The monoisotopic (exact) mass is 332 g/mol. The maximum Gasteiger partial charge on any atom is 0.251 e. The number of hydrogen-bond acceptors (Lipinski definition) is 4. The quantitative estimate of drug-likeness (QED) is 0.900. The van der Waals surface area contributed by atoms with Gasteiger partial charge in [-0.3, -0.25) is 9.59 Å². The summed E-state index contributed by atoms with van der Waals surface area (Å²) in [6.45, 7) is 4.71. The van der Waals surface area contributed by atoms with Gasteiger partial charge in [-0.05, 0) is 37.0 Å². The summed E-state index contributed by atoms with van der Waals surface area (Å²) in [4.78, 5) is 28.3. The Morgan fingerprint density at radius 3 is 2.54 bits per heavy atom. The van der Waals surface area contributed by atoms with Gasteiger partial charge in [0, 0.05) is 32.8 Å². The molecular weight excluding hydrogens is 308 g/mol. The Kier molecular flexibility index (Phi) is 5.04. The van der Waals surface area contributed by atoms with Gasteiger partial charge in [0.15, 0.2) is 0 Å². The zero-order chi connectivity index (χ0) is 17.1. The first-order valence-electron chi connectivity index (χ1n) is 8.51. The van der Waals surface area contributed by atoms with Crippen LogP contribution in [-0.4, -0.2) is 65.6 Å². The number of benzene rings is 1. The van der Waals surface area contributed by atoms with Crippen LogP contribution < -0.4 is 0 Å². The van der Waals surface area contributed by atoms with Gasteiger partial charge in [0.25, 0.3) is 5.91 Å². The van der Waals surface area contributed by atoms with E-state index in [1.54, 1.807) is 15.9 Å². The summed E-state index contributed by atoms with van der Waals surface area (Å²) in [5.74, 6) is 0.304. The highest BCUT2D eigenvalue weighted by Gasteiger charge is 2.31. The molecule has 130 valence electrons. The number of carbonyl (C=O) groups excluding carboxylic acids is 2. The van der Waals surface area contributed by atoms with Gasteiger partial charge < -0.3 is 19.6 Å². The highest BCUT2D eigenvalue weighted by atomic mass is 16.5. The molecule has 0 saturated carbocycles. The van der Waals surface area contributed by atoms with E-state index < -0.39 is 0 Å². The molecule has 1 aromatic carbocycles. The number of phenols is 1. The van der Waals surface area contributed by atoms with Crippen LogP contribution in [0.1, 0.15) is 24.0 Å². The molecule has 0 aliphatic carbocycles. The summed E-state index contributed by atoms with van der Waals surface area (Å²) in [5, 5.41) is 9.74. The number of carbonyl (C=O) groups is 2. The molecule has 2 aliphatic rings. The van der Waals surface area contributed by atoms with E-state index in [9.17, 15) is 14.7 Å². The molecule has 1 atom stereocenters. The van der Waals surface area contributed by atoms with Crippen LogP contribution in [0.5, 0.6) is 5.75 Å². The molecule has 1 N–H and O–H groups in total. The van der Waals surface area contributed by atoms with E-state index in [1.807, 2.05) is 19.1 Å². The minimum absolute atomic E-state index is 0.0301. The summed E-state index contributed by atoms with van der Waals surface area (Å²) in [6, 6.07) is 5.32. The second-order valence-electron chi connectivity index (χ2n) is 6.51. The van der Waals surface area contributed by atoms with E-state index in [2.05, 4.69) is 0 Å². The maximum atomic E-state index is 12.4. The summed E-state index contributed by atoms with van der Waals surface area (Å²) in [6.07, 6.45) is 1.73. The molecule has 0 bridgehead atoms. The Morgan fingerprint density at radius 1 is 1.21 bits per heavy atom. The van der Waals surface area contributed by atoms with Crippen molar-refractivity contribution in [3.05, 3.63) is 29.3 Å². The standard InChI is InChI=1S/C18H24N2O4/c1-13-4-5-14(11-15(13)21)12-17(22)19-6-8-20(9-7-19)18(23)16-3-2-10-24-16/h4-5,11,16,21H,2-3,6-10,12H2,1H3. The zero-order valence-electron chi connectivity index (χ0n) is 14.0. The van der Waals surface area contributed by atoms with Crippen LogP contribution >= 0.6 is 0 Å². The Balaban J connectivity index is 1.51. The number of amides is 2. The summed E-state index contributed by atoms with van der Waals surface area (Å²) >= 11 is 0. The third-order valence-corrected chi connectivity index (χ3v) is 4.78. The van der Waals surface area contributed by atoms with Crippen LogP contribution in [0, 0.1) is 6.92 Å². The van der Waals surface area contributed by atoms with Crippen molar-refractivity contribution < 1.29 is 19.4 Å². The van der Waals surface area contributed by atoms with Gasteiger partial charge in [-0.1, -0.05) is 12.1 Å². The predicted molar refractivity (Wildman–Crippen MR) is 88.7 cm³/mol. The number of ether oxygens (including phenoxy) is 1. The van der Waals surface area contributed by atoms with Crippen LogP contribution in [0.3, 0.4) is 0 Å². The van der Waals surface area contributed by atoms with Crippen molar-refractivity contribution in [2.24, 2.45) is 0 Å². The molecule has 24 heavy (non-hydrogen) atoms. The average Bonchev–Trinajstić information content (AvgIpc) is 3.12. The summed E-state index contributed by atoms with van der Waals surface area (Å²) in [7, 11) is 0. The molecule has 0 aromatic heterocycles. The van der Waals surface area contributed by atoms with Gasteiger partial charge in [-0.15, -0.1) is 0 Å². The third kappa shape index (κ3) is 3.70. The largest absolute Gasteiger partial charge is 0.508 e. The fourth-order valence-corrected chi connectivity index (χ4v) is 3.20. The molecule has 2 fully saturated rings. The smallest absolute Gasteiger partial charge is 0.251 e. The van der Waals surface area contributed by atoms with Crippen molar-refractivity contribution in [2.45, 2.75) is 32.3 Å². The van der Waals surface area contributed by atoms with Crippen LogP contribution in [0.2, 0.25) is 0 Å². The zero-order valence-corrected chi connectivity index (χ0v) is 14.0. The fraction of sp³-hybridized carbons (Fsp3) is 0.556. The van der Waals surface area contributed by atoms with E-state index in [4.69, 9.17) is 4.74 Å². The molecule has 2 saturated heterocycles. The van der Waals surface area contributed by atoms with E-state index in [1.165, 1.54) is 0 Å². The number of rotatable bonds is 3. The molecule has 0 spiro atoms. The maximum absolute atomic E-state index is 12.4. The lowest BCUT2D eigenvalue weighted by Crippen LogP contribution is -2.53. The van der Waals surface area contributed by atoms with Gasteiger partial charge in [-0.2, -0.15) is 0 Å². The van der Waals surface area contributed by atoms with Crippen molar-refractivity contribution in [3.63, 3.8) is 0 Å². The number of hydrogen-bond donors (Lipinski definition) is 1. The average molecular weight is 332 g/mol. The Labute approximate surface area is 142 Å². The third-order valence-electron chi connectivity index (χ3n) is 4.78. The molecule has 2 aliphatic heterocycles. The number of phenolic OH excluding ortho intramolecular Hbond substituents is 1. The summed E-state index contributed by atoms with van der Waals surface area (Å²) < 4.78 is 5.45. The minimum Gasteiger partial charge on any atom is -0.508 e. The normalized spacial score (nSPS) is 21.1. The van der Waals surface area contributed by atoms with Crippen molar-refractivity contribution in [1.82, 2.24) is 9.80 Å². The van der Waals surface area contributed by atoms with Crippen LogP contribution in [-0.2, 0) is 20.7 Å². The molecular formula is C18H24N2O4. The fourth-order valence-electron chi connectivity index (χ4n) is 3.20. The Morgan fingerprint density at radius 2 is 1.92 bits per heavy atom. The van der Waals surface area contributed by atoms with Crippen LogP contribution in [0.4, 0.5) is 0 Å². The van der Waals surface area contributed by atoms with Crippen LogP contribution in [0.25, 0.3) is 0 Å². The highest BCUT2D eigenvalue weighted by molar-refractivity contribution is 5.82. The van der Waals surface area contributed by atoms with Crippen molar-refractivity contribution >= 4 is 11.8 Å². The van der Waals surface area contributed by atoms with E-state index in [0.717, 1.165) is 24.0 Å². The number of piperazine rings is 1. The van der Waals surface area contributed by atoms with Crippen molar-refractivity contribution in [2.75, 3.05) is 32.8 Å². The molecule has 2 heterocycles. The lowest BCUT2D eigenvalue weighted by Gasteiger charge is -2.35. The Hall–Kier alpha value is -2.08. The van der Waals surface area contributed by atoms with Crippen molar-refractivity contribution in [3.8, 4) is 5.75 Å². The minimum atomic E-state index is -0.289. The van der Waals surface area contributed by atoms with E-state index in [0.29, 0.717) is 32.8 Å². The van der Waals surface area contributed by atoms with Gasteiger partial charge in [-0.25, -0.2) is 0 Å². The van der Waals surface area contributed by atoms with Gasteiger partial charge in [0.05, 0.1) is 6.42 Å². The van der Waals surface area contributed by atoms with E-state index >= 15 is 0 Å². The number of aromatic hydroxyl groups is 1. The predicted octanol–water partition coefficient (Wildman–Crippen LogP) is 1.09. The van der Waals surface area contributed by atoms with Crippen LogP contribution in [0.15, 0.2) is 18.2 Å². The molecule has 6 nitrogen and oxygen atoms in total. The lowest BCUT2D eigenvalue weighted by molar-refractivity contribution is -0.145. The topological polar surface area (TPSA) is 70.1 Å². The molecule has 2 amide bonds. The van der Waals surface area contributed by atoms with E-state index in [-0.39, 0.29) is 30.1 Å². The highest BCUT2D eigenvalue weighted by Crippen LogP contribution is 2.19. The molecule has 0 radical (unpaired) electrons.